The van der Waals surface area contributed by atoms with E-state index in [2.05, 4.69) is 53.5 Å². The summed E-state index contributed by atoms with van der Waals surface area (Å²) in [5.41, 5.74) is 2.21. The molecule has 0 radical (unpaired) electrons. The van der Waals surface area contributed by atoms with Gasteiger partial charge in [0.05, 0.1) is 0 Å². The predicted octanol–water partition coefficient (Wildman–Crippen LogP) is 3.47. The zero-order valence-electron chi connectivity index (χ0n) is 13.9. The molecule has 0 N–H and O–H groups in total. The van der Waals surface area contributed by atoms with E-state index in [-0.39, 0.29) is 16.7 Å². The number of amides is 1. The Balaban J connectivity index is 3.35. The lowest BCUT2D eigenvalue weighted by molar-refractivity contribution is -0.144. The van der Waals surface area contributed by atoms with Crippen molar-refractivity contribution in [2.45, 2.75) is 54.9 Å². The summed E-state index contributed by atoms with van der Waals surface area (Å²) in [7, 11) is 1.89. The van der Waals surface area contributed by atoms with Crippen LogP contribution in [0, 0.1) is 10.8 Å². The van der Waals surface area contributed by atoms with Gasteiger partial charge in [-0.2, -0.15) is 0 Å². The molecule has 1 rings (SSSR count). The fraction of sp³-hybridized carbons (Fsp3) is 0.812. The van der Waals surface area contributed by atoms with Crippen LogP contribution in [0.2, 0.25) is 0 Å². The molecule has 0 saturated heterocycles. The van der Waals surface area contributed by atoms with Crippen LogP contribution in [0.4, 0.5) is 0 Å². The molecule has 0 aromatic heterocycles. The number of rotatable bonds is 2. The second-order valence-corrected chi connectivity index (χ2v) is 7.57. The van der Waals surface area contributed by atoms with E-state index in [0.717, 1.165) is 25.1 Å². The minimum absolute atomic E-state index is 0.0333. The Morgan fingerprint density at radius 2 is 1.58 bits per heavy atom. The minimum atomic E-state index is -0.105. The summed E-state index contributed by atoms with van der Waals surface area (Å²) in [5.74, 6) is 0.164. The zero-order chi connectivity index (χ0) is 15.0. The maximum absolute atomic E-state index is 12.7. The smallest absolute Gasteiger partial charge is 0.264 e. The molecule has 3 heteroatoms. The van der Waals surface area contributed by atoms with Crippen molar-refractivity contribution in [1.29, 1.82) is 0 Å². The molecule has 1 amide bonds. The van der Waals surface area contributed by atoms with Gasteiger partial charge in [0.25, 0.3) is 5.91 Å². The molecule has 1 aliphatic heterocycles. The maximum Gasteiger partial charge on any atom is 0.264 e. The van der Waals surface area contributed by atoms with E-state index in [0.29, 0.717) is 0 Å². The number of likely N-dealkylation sites (N-methyl/N-ethyl adjacent to an activating group) is 1. The van der Waals surface area contributed by atoms with Crippen LogP contribution in [0.3, 0.4) is 0 Å². The van der Waals surface area contributed by atoms with Crippen LogP contribution < -0.4 is 0 Å². The van der Waals surface area contributed by atoms with Gasteiger partial charge in [-0.25, -0.2) is 5.01 Å². The van der Waals surface area contributed by atoms with Crippen LogP contribution in [0.5, 0.6) is 0 Å². The fourth-order valence-corrected chi connectivity index (χ4v) is 2.66. The third-order valence-corrected chi connectivity index (χ3v) is 3.71. The molecule has 3 nitrogen and oxygen atoms in total. The lowest BCUT2D eigenvalue weighted by atomic mass is 9.73. The highest BCUT2D eigenvalue weighted by Crippen LogP contribution is 2.40. The molecule has 0 unspecified atom stereocenters. The largest absolute Gasteiger partial charge is 0.274 e. The summed E-state index contributed by atoms with van der Waals surface area (Å²) in [5, 5.41) is 3.97. The van der Waals surface area contributed by atoms with Crippen molar-refractivity contribution in [3.63, 3.8) is 0 Å². The van der Waals surface area contributed by atoms with Crippen molar-refractivity contribution in [2.24, 2.45) is 10.8 Å². The zero-order valence-corrected chi connectivity index (χ0v) is 13.9. The van der Waals surface area contributed by atoms with Crippen LogP contribution in [0.15, 0.2) is 11.1 Å². The standard InChI is InChI=1S/C16H30N2O/c1-9-10-18-11-12(15(2,3)4)13(16(5,6)7)14(19)17(18)8/h9-11H2,1-8H3. The number of carbonyl (C=O) groups excluding carboxylic acids is 1. The molecule has 110 valence electrons. The SMILES string of the molecule is CCCN1CC(C(C)(C)C)=C(C(C)(C)C)C(=O)N1C. The van der Waals surface area contributed by atoms with E-state index in [9.17, 15) is 4.79 Å². The van der Waals surface area contributed by atoms with E-state index in [1.807, 2.05) is 7.05 Å². The second kappa shape index (κ2) is 5.28. The average molecular weight is 266 g/mol. The van der Waals surface area contributed by atoms with Crippen molar-refractivity contribution in [3.8, 4) is 0 Å². The average Bonchev–Trinajstić information content (AvgIpc) is 2.21. The van der Waals surface area contributed by atoms with Gasteiger partial charge < -0.3 is 0 Å². The number of hydrazine groups is 1. The van der Waals surface area contributed by atoms with Gasteiger partial charge in [0, 0.05) is 25.7 Å². The lowest BCUT2D eigenvalue weighted by Gasteiger charge is -2.44. The van der Waals surface area contributed by atoms with Gasteiger partial charge in [0.1, 0.15) is 0 Å². The van der Waals surface area contributed by atoms with E-state index in [1.165, 1.54) is 5.57 Å². The summed E-state index contributed by atoms with van der Waals surface area (Å²) in [6.45, 7) is 17.0. The van der Waals surface area contributed by atoms with Gasteiger partial charge in [0.2, 0.25) is 0 Å². The predicted molar refractivity (Wildman–Crippen MR) is 80.6 cm³/mol. The summed E-state index contributed by atoms with van der Waals surface area (Å²) in [6.07, 6.45) is 1.06. The highest BCUT2D eigenvalue weighted by molar-refractivity contribution is 5.96. The Labute approximate surface area is 118 Å². The first kappa shape index (κ1) is 16.2. The molecule has 0 bridgehead atoms. The molecule has 0 spiro atoms. The summed E-state index contributed by atoms with van der Waals surface area (Å²) < 4.78 is 0. The number of carbonyl (C=O) groups is 1. The summed E-state index contributed by atoms with van der Waals surface area (Å²) in [4.78, 5) is 12.7. The third kappa shape index (κ3) is 3.38. The third-order valence-electron chi connectivity index (χ3n) is 3.71. The van der Waals surface area contributed by atoms with E-state index in [1.54, 1.807) is 5.01 Å². The summed E-state index contributed by atoms with van der Waals surface area (Å²) >= 11 is 0. The van der Waals surface area contributed by atoms with Gasteiger partial charge in [-0.05, 0) is 22.8 Å². The molecule has 1 heterocycles. The van der Waals surface area contributed by atoms with Gasteiger partial charge in [-0.1, -0.05) is 48.5 Å². The van der Waals surface area contributed by atoms with E-state index < -0.39 is 0 Å². The first-order chi connectivity index (χ1) is 8.50. The van der Waals surface area contributed by atoms with Crippen LogP contribution in [-0.2, 0) is 4.79 Å². The molecule has 0 aromatic rings. The summed E-state index contributed by atoms with van der Waals surface area (Å²) in [6, 6.07) is 0. The molecule has 19 heavy (non-hydrogen) atoms. The van der Waals surface area contributed by atoms with E-state index in [4.69, 9.17) is 0 Å². The number of hydrogen-bond acceptors (Lipinski definition) is 2. The van der Waals surface area contributed by atoms with Gasteiger partial charge in [-0.15, -0.1) is 0 Å². The lowest BCUT2D eigenvalue weighted by Crippen LogP contribution is -2.52. The number of hydrogen-bond donors (Lipinski definition) is 0. The van der Waals surface area contributed by atoms with Crippen LogP contribution >= 0.6 is 0 Å². The fourth-order valence-electron chi connectivity index (χ4n) is 2.66. The molecular formula is C16H30N2O. The molecule has 1 aliphatic rings. The Bertz CT molecular complexity index is 383. The van der Waals surface area contributed by atoms with Gasteiger partial charge in [-0.3, -0.25) is 9.80 Å². The van der Waals surface area contributed by atoms with Crippen molar-refractivity contribution >= 4 is 5.91 Å². The van der Waals surface area contributed by atoms with Crippen LogP contribution in [0.25, 0.3) is 0 Å². The Hall–Kier alpha value is -0.830. The quantitative estimate of drug-likeness (QED) is 0.764. The monoisotopic (exact) mass is 266 g/mol. The maximum atomic E-state index is 12.7. The van der Waals surface area contributed by atoms with Crippen molar-refractivity contribution in [2.75, 3.05) is 20.1 Å². The second-order valence-electron chi connectivity index (χ2n) is 7.57. The first-order valence-electron chi connectivity index (χ1n) is 7.27. The van der Waals surface area contributed by atoms with Gasteiger partial charge >= 0.3 is 0 Å². The topological polar surface area (TPSA) is 23.6 Å². The Morgan fingerprint density at radius 3 is 1.95 bits per heavy atom. The van der Waals surface area contributed by atoms with Crippen LogP contribution in [-0.4, -0.2) is 36.1 Å². The normalized spacial score (nSPS) is 19.4. The van der Waals surface area contributed by atoms with Crippen molar-refractivity contribution in [3.05, 3.63) is 11.1 Å². The first-order valence-corrected chi connectivity index (χ1v) is 7.27. The van der Waals surface area contributed by atoms with Gasteiger partial charge in [0.15, 0.2) is 0 Å². The molecule has 0 saturated carbocycles. The highest BCUT2D eigenvalue weighted by Gasteiger charge is 2.39. The highest BCUT2D eigenvalue weighted by atomic mass is 16.2. The Morgan fingerprint density at radius 1 is 1.05 bits per heavy atom. The Kier molecular flexibility index (Phi) is 4.51. The molecule has 0 aromatic carbocycles. The molecule has 0 aliphatic carbocycles. The minimum Gasteiger partial charge on any atom is -0.274 e. The number of nitrogens with zero attached hydrogens (tertiary/aromatic N) is 2. The molecule has 0 fully saturated rings. The van der Waals surface area contributed by atoms with Crippen LogP contribution in [0.1, 0.15) is 54.9 Å². The van der Waals surface area contributed by atoms with Crippen molar-refractivity contribution < 1.29 is 4.79 Å². The molecular weight excluding hydrogens is 236 g/mol. The van der Waals surface area contributed by atoms with Crippen molar-refractivity contribution in [1.82, 2.24) is 10.0 Å². The van der Waals surface area contributed by atoms with E-state index >= 15 is 0 Å². The molecule has 0 atom stereocenters.